The van der Waals surface area contributed by atoms with Crippen LogP contribution < -0.4 is 9.42 Å². The molecule has 2 rings (SSSR count). The Labute approximate surface area is 113 Å². The van der Waals surface area contributed by atoms with E-state index in [1.54, 1.807) is 0 Å². The zero-order chi connectivity index (χ0) is 13.8. The fourth-order valence-electron chi connectivity index (χ4n) is 2.08. The molecule has 0 spiro atoms. The molecule has 0 saturated heterocycles. The average Bonchev–Trinajstić information content (AvgIpc) is 2.67. The van der Waals surface area contributed by atoms with E-state index < -0.39 is 6.10 Å². The van der Waals surface area contributed by atoms with Crippen LogP contribution in [0.2, 0.25) is 0 Å². The minimum atomic E-state index is -0.540. The van der Waals surface area contributed by atoms with Crippen LogP contribution in [0.4, 0.5) is 0 Å². The molecule has 4 heteroatoms. The molecule has 4 nitrogen and oxygen atoms in total. The van der Waals surface area contributed by atoms with Crippen LogP contribution in [0.5, 0.6) is 5.75 Å². The summed E-state index contributed by atoms with van der Waals surface area (Å²) in [7, 11) is 0. The molecule has 19 heavy (non-hydrogen) atoms. The van der Waals surface area contributed by atoms with E-state index in [0.29, 0.717) is 6.54 Å². The number of aryl methyl sites for hydroxylation is 3. The molecule has 1 atom stereocenters. The first kappa shape index (κ1) is 13.6. The van der Waals surface area contributed by atoms with Crippen molar-refractivity contribution in [1.29, 1.82) is 0 Å². The van der Waals surface area contributed by atoms with E-state index in [1.807, 2.05) is 49.7 Å². The molecule has 1 aromatic carbocycles. The van der Waals surface area contributed by atoms with Gasteiger partial charge < -0.3 is 9.84 Å². The molecule has 0 saturated carbocycles. The molecule has 102 valence electrons. The number of rotatable bonds is 5. The van der Waals surface area contributed by atoms with Gasteiger partial charge in [-0.05, 0) is 25.5 Å². The van der Waals surface area contributed by atoms with Crippen LogP contribution in [0.15, 0.2) is 30.3 Å². The number of nitrogens with one attached hydrogen (secondary N) is 1. The number of aromatic nitrogens is 2. The lowest BCUT2D eigenvalue weighted by Crippen LogP contribution is -2.45. The number of aliphatic hydroxyl groups excluding tert-OH is 1. The second-order valence-electron chi connectivity index (χ2n) is 4.92. The van der Waals surface area contributed by atoms with Crippen molar-refractivity contribution in [3.8, 4) is 5.75 Å². The van der Waals surface area contributed by atoms with Gasteiger partial charge in [-0.1, -0.05) is 18.2 Å². The summed E-state index contributed by atoms with van der Waals surface area (Å²) in [6, 6.07) is 9.87. The summed E-state index contributed by atoms with van der Waals surface area (Å²) in [5.41, 5.74) is 3.27. The Bertz CT molecular complexity index is 549. The first-order chi connectivity index (χ1) is 9.06. The summed E-state index contributed by atoms with van der Waals surface area (Å²) in [6.45, 7) is 6.80. The lowest BCUT2D eigenvalue weighted by atomic mass is 10.2. The number of benzene rings is 1. The van der Waals surface area contributed by atoms with Crippen molar-refractivity contribution in [2.24, 2.45) is 0 Å². The predicted molar refractivity (Wildman–Crippen MR) is 73.1 cm³/mol. The minimum Gasteiger partial charge on any atom is -0.490 e. The van der Waals surface area contributed by atoms with Crippen molar-refractivity contribution < 1.29 is 14.5 Å². The zero-order valence-electron chi connectivity index (χ0n) is 11.7. The molecule has 1 unspecified atom stereocenters. The SMILES string of the molecule is Cc1cc(C)[n+](CC(O)COc2ccccc2C)[nH]1. The Morgan fingerprint density at radius 2 is 2.00 bits per heavy atom. The Morgan fingerprint density at radius 1 is 1.26 bits per heavy atom. The number of H-pyrrole nitrogens is 1. The van der Waals surface area contributed by atoms with Gasteiger partial charge >= 0.3 is 0 Å². The van der Waals surface area contributed by atoms with E-state index in [9.17, 15) is 5.11 Å². The van der Waals surface area contributed by atoms with Gasteiger partial charge in [-0.15, -0.1) is 4.68 Å². The Morgan fingerprint density at radius 3 is 2.63 bits per heavy atom. The highest BCUT2D eigenvalue weighted by molar-refractivity contribution is 5.31. The molecule has 0 aliphatic rings. The lowest BCUT2D eigenvalue weighted by Gasteiger charge is -2.11. The molecule has 0 aliphatic heterocycles. The smallest absolute Gasteiger partial charge is 0.205 e. The summed E-state index contributed by atoms with van der Waals surface area (Å²) >= 11 is 0. The maximum absolute atomic E-state index is 10.0. The van der Waals surface area contributed by atoms with Crippen LogP contribution >= 0.6 is 0 Å². The van der Waals surface area contributed by atoms with Gasteiger partial charge in [-0.2, -0.15) is 5.10 Å². The molecule has 2 aromatic rings. The summed E-state index contributed by atoms with van der Waals surface area (Å²) in [5.74, 6) is 0.825. The van der Waals surface area contributed by atoms with Crippen LogP contribution in [0.25, 0.3) is 0 Å². The molecular weight excluding hydrogens is 240 g/mol. The Balaban J connectivity index is 1.90. The van der Waals surface area contributed by atoms with Crippen molar-refractivity contribution in [2.75, 3.05) is 6.61 Å². The molecule has 1 heterocycles. The molecule has 0 amide bonds. The van der Waals surface area contributed by atoms with Gasteiger partial charge in [0.05, 0.1) is 5.69 Å². The fraction of sp³-hybridized carbons (Fsp3) is 0.400. The van der Waals surface area contributed by atoms with Gasteiger partial charge in [0.15, 0.2) is 0 Å². The summed E-state index contributed by atoms with van der Waals surface area (Å²) in [4.78, 5) is 0. The van der Waals surface area contributed by atoms with Crippen LogP contribution in [-0.2, 0) is 6.54 Å². The van der Waals surface area contributed by atoms with Crippen LogP contribution in [0, 0.1) is 20.8 Å². The number of ether oxygens (including phenoxy) is 1. The number of aliphatic hydroxyl groups is 1. The van der Waals surface area contributed by atoms with E-state index in [2.05, 4.69) is 11.2 Å². The molecular formula is C15H21N2O2+. The summed E-state index contributed by atoms with van der Waals surface area (Å²) in [6.07, 6.45) is -0.540. The van der Waals surface area contributed by atoms with E-state index in [4.69, 9.17) is 4.74 Å². The lowest BCUT2D eigenvalue weighted by molar-refractivity contribution is -0.761. The number of hydrogen-bond acceptors (Lipinski definition) is 2. The third-order valence-corrected chi connectivity index (χ3v) is 3.08. The van der Waals surface area contributed by atoms with Crippen molar-refractivity contribution in [3.05, 3.63) is 47.3 Å². The highest BCUT2D eigenvalue weighted by atomic mass is 16.5. The fourth-order valence-corrected chi connectivity index (χ4v) is 2.08. The monoisotopic (exact) mass is 261 g/mol. The number of nitrogens with zero attached hydrogens (tertiary/aromatic N) is 1. The normalized spacial score (nSPS) is 12.4. The van der Waals surface area contributed by atoms with Gasteiger partial charge in [0.1, 0.15) is 18.5 Å². The Hall–Kier alpha value is -1.81. The third-order valence-electron chi connectivity index (χ3n) is 3.08. The molecule has 0 bridgehead atoms. The second kappa shape index (κ2) is 5.89. The van der Waals surface area contributed by atoms with E-state index in [-0.39, 0.29) is 6.61 Å². The average molecular weight is 261 g/mol. The summed E-state index contributed by atoms with van der Waals surface area (Å²) in [5, 5.41) is 13.2. The highest BCUT2D eigenvalue weighted by Gasteiger charge is 2.16. The molecule has 0 radical (unpaired) electrons. The van der Waals surface area contributed by atoms with E-state index in [0.717, 1.165) is 22.7 Å². The topological polar surface area (TPSA) is 49.1 Å². The van der Waals surface area contributed by atoms with Crippen molar-refractivity contribution >= 4 is 0 Å². The first-order valence-electron chi connectivity index (χ1n) is 6.49. The van der Waals surface area contributed by atoms with E-state index in [1.165, 1.54) is 0 Å². The summed E-state index contributed by atoms with van der Waals surface area (Å²) < 4.78 is 7.57. The molecule has 0 fully saturated rings. The minimum absolute atomic E-state index is 0.287. The Kier molecular flexibility index (Phi) is 4.22. The molecule has 2 N–H and O–H groups in total. The third kappa shape index (κ3) is 3.58. The molecule has 0 aliphatic carbocycles. The van der Waals surface area contributed by atoms with Gasteiger partial charge in [-0.3, -0.25) is 0 Å². The predicted octanol–water partition coefficient (Wildman–Crippen LogP) is 1.67. The number of para-hydroxylation sites is 1. The zero-order valence-corrected chi connectivity index (χ0v) is 11.7. The maximum atomic E-state index is 10.0. The van der Waals surface area contributed by atoms with Crippen molar-refractivity contribution in [1.82, 2.24) is 5.10 Å². The number of hydrogen-bond donors (Lipinski definition) is 2. The van der Waals surface area contributed by atoms with Crippen LogP contribution in [0.1, 0.15) is 17.0 Å². The standard InChI is InChI=1S/C15H20N2O2/c1-11-6-4-5-7-15(11)19-10-14(18)9-17-13(3)8-12(2)16-17/h4-8,14,18H,9-10H2,1-3H3/p+1. The highest BCUT2D eigenvalue weighted by Crippen LogP contribution is 2.16. The number of aromatic amines is 1. The largest absolute Gasteiger partial charge is 0.490 e. The second-order valence-corrected chi connectivity index (χ2v) is 4.92. The van der Waals surface area contributed by atoms with Crippen LogP contribution in [0.3, 0.4) is 0 Å². The van der Waals surface area contributed by atoms with Crippen molar-refractivity contribution in [2.45, 2.75) is 33.4 Å². The van der Waals surface area contributed by atoms with Gasteiger partial charge in [-0.25, -0.2) is 0 Å². The van der Waals surface area contributed by atoms with E-state index >= 15 is 0 Å². The quantitative estimate of drug-likeness (QED) is 0.804. The van der Waals surface area contributed by atoms with Gasteiger partial charge in [0.2, 0.25) is 12.2 Å². The van der Waals surface area contributed by atoms with Gasteiger partial charge in [0, 0.05) is 13.0 Å². The van der Waals surface area contributed by atoms with Crippen molar-refractivity contribution in [3.63, 3.8) is 0 Å². The van der Waals surface area contributed by atoms with Crippen LogP contribution in [-0.4, -0.2) is 22.9 Å². The molecule has 1 aromatic heterocycles. The maximum Gasteiger partial charge on any atom is 0.205 e. The first-order valence-corrected chi connectivity index (χ1v) is 6.49. The van der Waals surface area contributed by atoms with Gasteiger partial charge in [0.25, 0.3) is 0 Å².